The molecule has 0 aromatic carbocycles. The first-order valence-corrected chi connectivity index (χ1v) is 5.71. The van der Waals surface area contributed by atoms with Crippen molar-refractivity contribution in [1.82, 2.24) is 10.6 Å². The standard InChI is InChI=1S/C10H22N2O4/c1-2-6(4-13)11-3-7-9(15)10(16)8(5-14)12-7/h6-16H,2-5H2,1H3/t6?,7-,8+,9+,10+/m0/s1. The van der Waals surface area contributed by atoms with E-state index >= 15 is 0 Å². The van der Waals surface area contributed by atoms with Crippen LogP contribution in [0, 0.1) is 0 Å². The summed E-state index contributed by atoms with van der Waals surface area (Å²) in [6.07, 6.45) is -1.03. The van der Waals surface area contributed by atoms with Crippen LogP contribution in [-0.2, 0) is 0 Å². The van der Waals surface area contributed by atoms with E-state index in [1.807, 2.05) is 6.92 Å². The first kappa shape index (κ1) is 13.8. The van der Waals surface area contributed by atoms with Crippen molar-refractivity contribution in [3.63, 3.8) is 0 Å². The number of hydrogen-bond donors (Lipinski definition) is 6. The normalized spacial score (nSPS) is 36.6. The molecule has 0 saturated carbocycles. The van der Waals surface area contributed by atoms with Gasteiger partial charge in [-0.25, -0.2) is 0 Å². The van der Waals surface area contributed by atoms with Gasteiger partial charge in [-0.1, -0.05) is 6.92 Å². The molecule has 1 aliphatic rings. The maximum atomic E-state index is 9.69. The number of aliphatic hydroxyl groups excluding tert-OH is 4. The predicted octanol–water partition coefficient (Wildman–Crippen LogP) is -2.60. The summed E-state index contributed by atoms with van der Waals surface area (Å²) in [5, 5.41) is 43.2. The van der Waals surface area contributed by atoms with Crippen molar-refractivity contribution in [2.75, 3.05) is 19.8 Å². The van der Waals surface area contributed by atoms with Gasteiger partial charge in [-0.3, -0.25) is 0 Å². The average molecular weight is 234 g/mol. The molecule has 1 unspecified atom stereocenters. The molecule has 0 aromatic heterocycles. The van der Waals surface area contributed by atoms with Crippen molar-refractivity contribution in [1.29, 1.82) is 0 Å². The predicted molar refractivity (Wildman–Crippen MR) is 59.0 cm³/mol. The zero-order valence-electron chi connectivity index (χ0n) is 9.50. The van der Waals surface area contributed by atoms with Crippen LogP contribution < -0.4 is 10.6 Å². The van der Waals surface area contributed by atoms with Crippen LogP contribution in [0.2, 0.25) is 0 Å². The van der Waals surface area contributed by atoms with Crippen LogP contribution in [0.25, 0.3) is 0 Å². The molecule has 6 nitrogen and oxygen atoms in total. The van der Waals surface area contributed by atoms with Crippen LogP contribution in [0.4, 0.5) is 0 Å². The van der Waals surface area contributed by atoms with E-state index in [-0.39, 0.29) is 25.3 Å². The maximum Gasteiger partial charge on any atom is 0.0989 e. The summed E-state index contributed by atoms with van der Waals surface area (Å²) in [5.41, 5.74) is 0. The van der Waals surface area contributed by atoms with E-state index in [0.717, 1.165) is 6.42 Å². The minimum atomic E-state index is -0.939. The molecule has 0 aliphatic carbocycles. The van der Waals surface area contributed by atoms with Crippen molar-refractivity contribution in [2.45, 2.75) is 43.7 Å². The van der Waals surface area contributed by atoms with Crippen LogP contribution in [-0.4, -0.2) is 70.5 Å². The first-order valence-electron chi connectivity index (χ1n) is 5.71. The lowest BCUT2D eigenvalue weighted by molar-refractivity contribution is 0.0193. The average Bonchev–Trinajstić information content (AvgIpc) is 2.58. The molecule has 0 aromatic rings. The largest absolute Gasteiger partial charge is 0.395 e. The van der Waals surface area contributed by atoms with E-state index in [2.05, 4.69) is 10.6 Å². The van der Waals surface area contributed by atoms with Gasteiger partial charge < -0.3 is 31.1 Å². The molecule has 1 rings (SSSR count). The summed E-state index contributed by atoms with van der Waals surface area (Å²) in [4.78, 5) is 0. The summed E-state index contributed by atoms with van der Waals surface area (Å²) >= 11 is 0. The van der Waals surface area contributed by atoms with E-state index in [1.165, 1.54) is 0 Å². The van der Waals surface area contributed by atoms with Crippen LogP contribution in [0.1, 0.15) is 13.3 Å². The van der Waals surface area contributed by atoms with Crippen LogP contribution in [0.5, 0.6) is 0 Å². The number of aliphatic hydroxyl groups is 4. The molecule has 1 aliphatic heterocycles. The number of rotatable bonds is 6. The van der Waals surface area contributed by atoms with Crippen molar-refractivity contribution in [2.24, 2.45) is 0 Å². The molecular weight excluding hydrogens is 212 g/mol. The Balaban J connectivity index is 2.38. The zero-order valence-corrected chi connectivity index (χ0v) is 9.50. The zero-order chi connectivity index (χ0) is 12.1. The fraction of sp³-hybridized carbons (Fsp3) is 1.00. The van der Waals surface area contributed by atoms with E-state index in [9.17, 15) is 10.2 Å². The van der Waals surface area contributed by atoms with Crippen molar-refractivity contribution >= 4 is 0 Å². The van der Waals surface area contributed by atoms with Gasteiger partial charge in [0.05, 0.1) is 31.5 Å². The SMILES string of the molecule is CCC(CO)NC[C@@H]1N[C@H](CO)[C@@H](O)[C@@H]1O. The third-order valence-electron chi connectivity index (χ3n) is 3.14. The smallest absolute Gasteiger partial charge is 0.0989 e. The van der Waals surface area contributed by atoms with Crippen molar-refractivity contribution < 1.29 is 20.4 Å². The molecule has 1 saturated heterocycles. The molecule has 6 N–H and O–H groups in total. The Morgan fingerprint density at radius 2 is 1.81 bits per heavy atom. The monoisotopic (exact) mass is 234 g/mol. The highest BCUT2D eigenvalue weighted by molar-refractivity contribution is 4.99. The molecule has 6 heteroatoms. The van der Waals surface area contributed by atoms with Gasteiger partial charge in [0, 0.05) is 18.6 Å². The Morgan fingerprint density at radius 1 is 1.19 bits per heavy atom. The third-order valence-corrected chi connectivity index (χ3v) is 3.14. The fourth-order valence-corrected chi connectivity index (χ4v) is 1.92. The molecule has 0 bridgehead atoms. The van der Waals surface area contributed by atoms with E-state index in [4.69, 9.17) is 10.2 Å². The Labute approximate surface area is 95.3 Å². The van der Waals surface area contributed by atoms with Gasteiger partial charge in [-0.05, 0) is 6.42 Å². The van der Waals surface area contributed by atoms with Gasteiger partial charge >= 0.3 is 0 Å². The highest BCUT2D eigenvalue weighted by atomic mass is 16.3. The Kier molecular flexibility index (Phi) is 5.60. The molecule has 5 atom stereocenters. The van der Waals surface area contributed by atoms with Crippen molar-refractivity contribution in [3.05, 3.63) is 0 Å². The molecule has 0 radical (unpaired) electrons. The number of nitrogens with one attached hydrogen (secondary N) is 2. The lowest BCUT2D eigenvalue weighted by Crippen LogP contribution is -2.46. The Morgan fingerprint density at radius 3 is 2.25 bits per heavy atom. The second-order valence-electron chi connectivity index (χ2n) is 4.24. The van der Waals surface area contributed by atoms with Crippen LogP contribution in [0.3, 0.4) is 0 Å². The molecular formula is C10H22N2O4. The lowest BCUT2D eigenvalue weighted by Gasteiger charge is -2.20. The molecule has 16 heavy (non-hydrogen) atoms. The van der Waals surface area contributed by atoms with Crippen molar-refractivity contribution in [3.8, 4) is 0 Å². The lowest BCUT2D eigenvalue weighted by atomic mass is 10.1. The van der Waals surface area contributed by atoms with E-state index in [1.54, 1.807) is 0 Å². The molecule has 1 fully saturated rings. The third kappa shape index (κ3) is 3.13. The van der Waals surface area contributed by atoms with Gasteiger partial charge in [0.2, 0.25) is 0 Å². The molecule has 96 valence electrons. The topological polar surface area (TPSA) is 105 Å². The Hall–Kier alpha value is -0.240. The van der Waals surface area contributed by atoms with E-state index < -0.39 is 18.2 Å². The van der Waals surface area contributed by atoms with Gasteiger partial charge in [0.15, 0.2) is 0 Å². The number of hydrogen-bond acceptors (Lipinski definition) is 6. The Bertz CT molecular complexity index is 201. The van der Waals surface area contributed by atoms with E-state index in [0.29, 0.717) is 6.54 Å². The van der Waals surface area contributed by atoms with Gasteiger partial charge in [0.25, 0.3) is 0 Å². The summed E-state index contributed by atoms with van der Waals surface area (Å²) in [7, 11) is 0. The van der Waals surface area contributed by atoms with Gasteiger partial charge in [-0.2, -0.15) is 0 Å². The second kappa shape index (κ2) is 6.48. The first-order chi connectivity index (χ1) is 7.63. The molecule has 1 heterocycles. The maximum absolute atomic E-state index is 9.69. The summed E-state index contributed by atoms with van der Waals surface area (Å²) in [6.45, 7) is 2.25. The quantitative estimate of drug-likeness (QED) is 0.301. The summed E-state index contributed by atoms with van der Waals surface area (Å²) in [5.74, 6) is 0. The highest BCUT2D eigenvalue weighted by Crippen LogP contribution is 2.13. The van der Waals surface area contributed by atoms with Gasteiger partial charge in [0.1, 0.15) is 0 Å². The van der Waals surface area contributed by atoms with Crippen LogP contribution in [0.15, 0.2) is 0 Å². The molecule has 0 spiro atoms. The highest BCUT2D eigenvalue weighted by Gasteiger charge is 2.40. The minimum Gasteiger partial charge on any atom is -0.395 e. The summed E-state index contributed by atoms with van der Waals surface area (Å²) < 4.78 is 0. The second-order valence-corrected chi connectivity index (χ2v) is 4.24. The molecule has 0 amide bonds. The summed E-state index contributed by atoms with van der Waals surface area (Å²) in [6, 6.07) is -0.775. The van der Waals surface area contributed by atoms with Crippen LogP contribution >= 0.6 is 0 Å². The minimum absolute atomic E-state index is 0.000630. The van der Waals surface area contributed by atoms with Gasteiger partial charge in [-0.15, -0.1) is 0 Å². The fourth-order valence-electron chi connectivity index (χ4n) is 1.92.